The summed E-state index contributed by atoms with van der Waals surface area (Å²) in [5.41, 5.74) is 5.60. The summed E-state index contributed by atoms with van der Waals surface area (Å²) >= 11 is 1.61. The van der Waals surface area contributed by atoms with Crippen LogP contribution in [0, 0.1) is 0 Å². The van der Waals surface area contributed by atoms with Crippen molar-refractivity contribution in [3.8, 4) is 50.4 Å². The van der Waals surface area contributed by atoms with Gasteiger partial charge in [0.15, 0.2) is 11.0 Å². The van der Waals surface area contributed by atoms with Crippen LogP contribution in [0.1, 0.15) is 10.4 Å². The summed E-state index contributed by atoms with van der Waals surface area (Å²) < 4.78 is 22.9. The number of amides is 1. The lowest BCUT2D eigenvalue weighted by Crippen LogP contribution is -2.25. The highest BCUT2D eigenvalue weighted by molar-refractivity contribution is 7.83. The van der Waals surface area contributed by atoms with E-state index in [-0.39, 0.29) is 5.89 Å². The van der Waals surface area contributed by atoms with E-state index in [4.69, 9.17) is 9.51 Å². The predicted molar refractivity (Wildman–Crippen MR) is 169 cm³/mol. The summed E-state index contributed by atoms with van der Waals surface area (Å²) in [6.45, 7) is 0. The normalized spacial score (nSPS) is 11.7. The van der Waals surface area contributed by atoms with Crippen molar-refractivity contribution in [2.75, 3.05) is 0 Å². The van der Waals surface area contributed by atoms with Crippen LogP contribution < -0.4 is 4.72 Å². The molecule has 11 heteroatoms. The summed E-state index contributed by atoms with van der Waals surface area (Å²) in [6.07, 6.45) is 5.16. The zero-order valence-electron chi connectivity index (χ0n) is 22.9. The van der Waals surface area contributed by atoms with Gasteiger partial charge in [-0.1, -0.05) is 65.8 Å². The second-order valence-corrected chi connectivity index (χ2v) is 11.7. The number of thiazole rings is 1. The maximum absolute atomic E-state index is 13.0. The molecule has 1 unspecified atom stereocenters. The van der Waals surface area contributed by atoms with E-state index in [0.29, 0.717) is 21.8 Å². The molecule has 7 rings (SSSR count). The molecule has 0 saturated carbocycles. The lowest BCUT2D eigenvalue weighted by atomic mass is 10.1. The first-order chi connectivity index (χ1) is 21.6. The van der Waals surface area contributed by atoms with Crippen LogP contribution in [0.2, 0.25) is 0 Å². The number of rotatable bonds is 8. The Hall–Kier alpha value is -5.52. The lowest BCUT2D eigenvalue weighted by molar-refractivity contribution is 0.0983. The molecular weight excluding hydrogens is 593 g/mol. The van der Waals surface area contributed by atoms with Gasteiger partial charge < -0.3 is 9.09 Å². The molecule has 44 heavy (non-hydrogen) atoms. The maximum atomic E-state index is 13.0. The third-order valence-electron chi connectivity index (χ3n) is 6.80. The number of hydrogen-bond donors (Lipinski definition) is 1. The Labute approximate surface area is 258 Å². The van der Waals surface area contributed by atoms with Crippen LogP contribution in [0.15, 0.2) is 137 Å². The molecule has 4 aromatic carbocycles. The Balaban J connectivity index is 1.03. The van der Waals surface area contributed by atoms with Crippen molar-refractivity contribution < 1.29 is 13.5 Å². The Morgan fingerprint density at radius 3 is 2.36 bits per heavy atom. The van der Waals surface area contributed by atoms with Gasteiger partial charge >= 0.3 is 0 Å². The van der Waals surface area contributed by atoms with Crippen molar-refractivity contribution in [2.45, 2.75) is 4.90 Å². The maximum Gasteiger partial charge on any atom is 0.263 e. The van der Waals surface area contributed by atoms with Gasteiger partial charge in [-0.05, 0) is 42.5 Å². The molecule has 7 aromatic rings. The molecule has 9 nitrogen and oxygen atoms in total. The standard InChI is InChI=1S/C33H22N6O3S2/c40-31(24-13-15-27(16-14-24)39-18-17-34-21-39)38-44(41)28-8-4-7-26(19-28)32-36-30(37-42-32)23-11-9-22(10-12-23)29-20-43-33(35-29)25-5-2-1-3-6-25/h1-21H,(H,38,40). The zero-order chi connectivity index (χ0) is 29.9. The SMILES string of the molecule is O=C(NS(=O)c1cccc(-c2nc(-c3ccc(-c4csc(-c5ccccc5)n4)cc3)no2)c1)c1ccc(-n2ccnc2)cc1. The average molecular weight is 615 g/mol. The van der Waals surface area contributed by atoms with Gasteiger partial charge in [0.05, 0.1) is 16.9 Å². The van der Waals surface area contributed by atoms with Gasteiger partial charge in [0.25, 0.3) is 11.8 Å². The van der Waals surface area contributed by atoms with Gasteiger partial charge in [-0.15, -0.1) is 11.3 Å². The number of hydrogen-bond acceptors (Lipinski definition) is 8. The quantitative estimate of drug-likeness (QED) is 0.199. The first-order valence-corrected chi connectivity index (χ1v) is 15.5. The van der Waals surface area contributed by atoms with Gasteiger partial charge in [0, 0.05) is 51.3 Å². The molecule has 0 spiro atoms. The fourth-order valence-corrected chi connectivity index (χ4v) is 6.19. The van der Waals surface area contributed by atoms with Crippen LogP contribution in [0.3, 0.4) is 0 Å². The van der Waals surface area contributed by atoms with Crippen LogP contribution in [0.25, 0.3) is 50.4 Å². The number of aromatic nitrogens is 5. The number of benzene rings is 4. The van der Waals surface area contributed by atoms with E-state index in [2.05, 4.69) is 19.8 Å². The molecule has 1 amide bonds. The van der Waals surface area contributed by atoms with E-state index >= 15 is 0 Å². The van der Waals surface area contributed by atoms with Crippen molar-refractivity contribution >= 4 is 28.2 Å². The van der Waals surface area contributed by atoms with Gasteiger partial charge in [-0.25, -0.2) is 14.2 Å². The number of nitrogens with one attached hydrogen (secondary N) is 1. The predicted octanol–water partition coefficient (Wildman–Crippen LogP) is 6.83. The number of nitrogens with zero attached hydrogens (tertiary/aromatic N) is 5. The Morgan fingerprint density at radius 2 is 1.59 bits per heavy atom. The minimum Gasteiger partial charge on any atom is -0.334 e. The van der Waals surface area contributed by atoms with Crippen LogP contribution >= 0.6 is 11.3 Å². The fourth-order valence-electron chi connectivity index (χ4n) is 4.51. The van der Waals surface area contributed by atoms with Crippen LogP contribution in [-0.4, -0.2) is 34.8 Å². The van der Waals surface area contributed by atoms with E-state index in [1.807, 2.05) is 70.7 Å². The van der Waals surface area contributed by atoms with E-state index in [1.165, 1.54) is 0 Å². The summed E-state index contributed by atoms with van der Waals surface area (Å²) in [5, 5.41) is 7.16. The van der Waals surface area contributed by atoms with Crippen LogP contribution in [-0.2, 0) is 11.0 Å². The first-order valence-electron chi connectivity index (χ1n) is 13.5. The topological polar surface area (TPSA) is 116 Å². The second-order valence-electron chi connectivity index (χ2n) is 9.65. The molecule has 3 heterocycles. The Bertz CT molecular complexity index is 2070. The fraction of sp³-hybridized carbons (Fsp3) is 0. The van der Waals surface area contributed by atoms with Gasteiger partial charge in [-0.3, -0.25) is 9.52 Å². The highest BCUT2D eigenvalue weighted by atomic mass is 32.2. The summed E-state index contributed by atoms with van der Waals surface area (Å²) in [5.74, 6) is 0.244. The molecule has 0 aliphatic rings. The molecule has 0 fully saturated rings. The minimum absolute atomic E-state index is 0.274. The third-order valence-corrected chi connectivity index (χ3v) is 8.75. The molecule has 0 aliphatic carbocycles. The van der Waals surface area contributed by atoms with E-state index < -0.39 is 16.9 Å². The average Bonchev–Trinajstić information content (AvgIpc) is 3.88. The molecule has 0 aliphatic heterocycles. The Morgan fingerprint density at radius 1 is 0.818 bits per heavy atom. The van der Waals surface area contributed by atoms with E-state index in [1.54, 1.807) is 72.4 Å². The monoisotopic (exact) mass is 614 g/mol. The van der Waals surface area contributed by atoms with Crippen molar-refractivity contribution in [1.82, 2.24) is 29.4 Å². The van der Waals surface area contributed by atoms with Gasteiger partial charge in [0.1, 0.15) is 5.01 Å². The highest BCUT2D eigenvalue weighted by Crippen LogP contribution is 2.30. The highest BCUT2D eigenvalue weighted by Gasteiger charge is 2.16. The largest absolute Gasteiger partial charge is 0.334 e. The molecule has 214 valence electrons. The van der Waals surface area contributed by atoms with Crippen molar-refractivity contribution in [2.24, 2.45) is 0 Å². The van der Waals surface area contributed by atoms with Crippen molar-refractivity contribution in [1.29, 1.82) is 0 Å². The summed E-state index contributed by atoms with van der Waals surface area (Å²) in [6, 6.07) is 31.7. The molecule has 0 bridgehead atoms. The first kappa shape index (κ1) is 27.3. The summed E-state index contributed by atoms with van der Waals surface area (Å²) in [4.78, 5) is 26.5. The van der Waals surface area contributed by atoms with Crippen LogP contribution in [0.5, 0.6) is 0 Å². The lowest BCUT2D eigenvalue weighted by Gasteiger charge is -2.07. The second kappa shape index (κ2) is 12.0. The number of imidazole rings is 1. The Kier molecular flexibility index (Phi) is 7.45. The molecule has 0 radical (unpaired) electrons. The zero-order valence-corrected chi connectivity index (χ0v) is 24.5. The smallest absolute Gasteiger partial charge is 0.263 e. The van der Waals surface area contributed by atoms with Crippen LogP contribution in [0.4, 0.5) is 0 Å². The van der Waals surface area contributed by atoms with Gasteiger partial charge in [0.2, 0.25) is 5.82 Å². The van der Waals surface area contributed by atoms with E-state index in [9.17, 15) is 9.00 Å². The molecule has 0 saturated heterocycles. The third kappa shape index (κ3) is 5.74. The minimum atomic E-state index is -1.80. The molecule has 1 atom stereocenters. The summed E-state index contributed by atoms with van der Waals surface area (Å²) in [7, 11) is -1.80. The van der Waals surface area contributed by atoms with Gasteiger partial charge in [-0.2, -0.15) is 4.98 Å². The van der Waals surface area contributed by atoms with E-state index in [0.717, 1.165) is 33.1 Å². The molecular formula is C33H22N6O3S2. The van der Waals surface area contributed by atoms with Crippen molar-refractivity contribution in [3.63, 3.8) is 0 Å². The van der Waals surface area contributed by atoms with Crippen molar-refractivity contribution in [3.05, 3.63) is 133 Å². The molecule has 3 aromatic heterocycles. The number of carbonyl (C=O) groups is 1. The number of carbonyl (C=O) groups excluding carboxylic acids is 1. The molecule has 1 N–H and O–H groups in total.